The van der Waals surface area contributed by atoms with Gasteiger partial charge in [0.1, 0.15) is 5.75 Å². The van der Waals surface area contributed by atoms with Gasteiger partial charge in [-0.2, -0.15) is 0 Å². The number of aromatic nitrogens is 2. The molecule has 26 heavy (non-hydrogen) atoms. The number of para-hydroxylation sites is 1. The SMILES string of the molecule is CN1C[C@@H](c2c[nH]c3cccc(O)c23)NC[C@@H]1c1c[nH]c2ccccc12. The molecule has 1 saturated heterocycles. The number of hydrogen-bond acceptors (Lipinski definition) is 3. The first-order chi connectivity index (χ1) is 12.7. The van der Waals surface area contributed by atoms with E-state index in [0.717, 1.165) is 29.6 Å². The highest BCUT2D eigenvalue weighted by atomic mass is 16.3. The molecular formula is C21H22N4O. The smallest absolute Gasteiger partial charge is 0.125 e. The number of piperazine rings is 1. The van der Waals surface area contributed by atoms with Crippen molar-refractivity contribution < 1.29 is 5.11 Å². The molecule has 5 rings (SSSR count). The summed E-state index contributed by atoms with van der Waals surface area (Å²) in [4.78, 5) is 9.06. The number of nitrogens with zero attached hydrogens (tertiary/aromatic N) is 1. The molecule has 0 saturated carbocycles. The Bertz CT molecular complexity index is 1080. The van der Waals surface area contributed by atoms with Crippen molar-refractivity contribution in [1.29, 1.82) is 0 Å². The molecule has 5 nitrogen and oxygen atoms in total. The van der Waals surface area contributed by atoms with Crippen molar-refractivity contribution in [3.8, 4) is 5.75 Å². The van der Waals surface area contributed by atoms with Crippen LogP contribution >= 0.6 is 0 Å². The van der Waals surface area contributed by atoms with E-state index < -0.39 is 0 Å². The summed E-state index contributed by atoms with van der Waals surface area (Å²) in [6.07, 6.45) is 4.15. The van der Waals surface area contributed by atoms with Crippen LogP contribution in [0.2, 0.25) is 0 Å². The predicted octanol–water partition coefficient (Wildman–Crippen LogP) is 3.67. The molecule has 0 aliphatic carbocycles. The fraction of sp³-hybridized carbons (Fsp3) is 0.238. The Balaban J connectivity index is 1.45. The summed E-state index contributed by atoms with van der Waals surface area (Å²) in [5.41, 5.74) is 4.61. The molecule has 0 radical (unpaired) electrons. The summed E-state index contributed by atoms with van der Waals surface area (Å²) < 4.78 is 0. The van der Waals surface area contributed by atoms with Crippen LogP contribution in [0.4, 0.5) is 0 Å². The van der Waals surface area contributed by atoms with E-state index in [1.165, 1.54) is 16.5 Å². The summed E-state index contributed by atoms with van der Waals surface area (Å²) in [5, 5.41) is 16.2. The van der Waals surface area contributed by atoms with Gasteiger partial charge in [0.2, 0.25) is 0 Å². The monoisotopic (exact) mass is 346 g/mol. The summed E-state index contributed by atoms with van der Waals surface area (Å²) in [7, 11) is 2.18. The summed E-state index contributed by atoms with van der Waals surface area (Å²) in [6, 6.07) is 14.6. The average Bonchev–Trinajstić information content (AvgIpc) is 3.27. The number of phenols is 1. The van der Waals surface area contributed by atoms with Crippen molar-refractivity contribution in [2.75, 3.05) is 20.1 Å². The van der Waals surface area contributed by atoms with Gasteiger partial charge in [0.05, 0.1) is 0 Å². The highest BCUT2D eigenvalue weighted by molar-refractivity contribution is 5.89. The van der Waals surface area contributed by atoms with Gasteiger partial charge in [0.25, 0.3) is 0 Å². The fourth-order valence-corrected chi connectivity index (χ4v) is 4.28. The molecule has 132 valence electrons. The minimum absolute atomic E-state index is 0.184. The Labute approximate surface area is 151 Å². The normalized spacial score (nSPS) is 21.6. The fourth-order valence-electron chi connectivity index (χ4n) is 4.28. The molecule has 1 fully saturated rings. The van der Waals surface area contributed by atoms with Gasteiger partial charge in [-0.05, 0) is 36.4 Å². The highest BCUT2D eigenvalue weighted by Gasteiger charge is 2.30. The Hall–Kier alpha value is -2.76. The molecule has 2 aromatic heterocycles. The highest BCUT2D eigenvalue weighted by Crippen LogP contribution is 2.36. The van der Waals surface area contributed by atoms with Gasteiger partial charge in [-0.3, -0.25) is 4.90 Å². The number of benzene rings is 2. The zero-order chi connectivity index (χ0) is 17.7. The average molecular weight is 346 g/mol. The van der Waals surface area contributed by atoms with Gasteiger partial charge < -0.3 is 20.4 Å². The summed E-state index contributed by atoms with van der Waals surface area (Å²) >= 11 is 0. The van der Waals surface area contributed by atoms with Crippen LogP contribution in [0.1, 0.15) is 23.2 Å². The molecule has 2 atom stereocenters. The van der Waals surface area contributed by atoms with Gasteiger partial charge in [-0.1, -0.05) is 24.3 Å². The van der Waals surface area contributed by atoms with Gasteiger partial charge in [-0.25, -0.2) is 0 Å². The standard InChI is InChI=1S/C21H22N4O/c1-25-12-18(15-10-23-17-7-4-8-20(26)21(15)17)24-11-19(25)14-9-22-16-6-3-2-5-13(14)16/h2-10,18-19,22-24,26H,11-12H2,1H3/t18-,19+/m0/s1. The number of H-pyrrole nitrogens is 2. The van der Waals surface area contributed by atoms with Crippen LogP contribution in [0, 0.1) is 0 Å². The third-order valence-electron chi connectivity index (χ3n) is 5.63. The number of aromatic amines is 2. The lowest BCUT2D eigenvalue weighted by molar-refractivity contribution is 0.166. The van der Waals surface area contributed by atoms with Crippen molar-refractivity contribution in [1.82, 2.24) is 20.2 Å². The van der Waals surface area contributed by atoms with E-state index >= 15 is 0 Å². The zero-order valence-corrected chi connectivity index (χ0v) is 14.7. The second-order valence-corrected chi connectivity index (χ2v) is 7.15. The van der Waals surface area contributed by atoms with Crippen LogP contribution in [0.25, 0.3) is 21.8 Å². The molecular weight excluding hydrogens is 324 g/mol. The lowest BCUT2D eigenvalue weighted by atomic mass is 9.97. The van der Waals surface area contributed by atoms with E-state index in [-0.39, 0.29) is 6.04 Å². The number of nitrogens with one attached hydrogen (secondary N) is 3. The summed E-state index contributed by atoms with van der Waals surface area (Å²) in [6.45, 7) is 1.74. The van der Waals surface area contributed by atoms with E-state index in [0.29, 0.717) is 11.8 Å². The third kappa shape index (κ3) is 2.32. The number of aromatic hydroxyl groups is 1. The molecule has 0 bridgehead atoms. The van der Waals surface area contributed by atoms with Crippen molar-refractivity contribution in [2.45, 2.75) is 12.1 Å². The van der Waals surface area contributed by atoms with E-state index in [9.17, 15) is 5.11 Å². The first kappa shape index (κ1) is 15.5. The first-order valence-electron chi connectivity index (χ1n) is 9.01. The summed E-state index contributed by atoms with van der Waals surface area (Å²) in [5.74, 6) is 0.335. The molecule has 0 amide bonds. The lowest BCUT2D eigenvalue weighted by Gasteiger charge is -2.38. The zero-order valence-electron chi connectivity index (χ0n) is 14.7. The van der Waals surface area contributed by atoms with Gasteiger partial charge >= 0.3 is 0 Å². The maximum absolute atomic E-state index is 10.3. The first-order valence-corrected chi connectivity index (χ1v) is 9.01. The van der Waals surface area contributed by atoms with Crippen LogP contribution in [0.15, 0.2) is 54.9 Å². The van der Waals surface area contributed by atoms with Crippen LogP contribution in [-0.2, 0) is 0 Å². The van der Waals surface area contributed by atoms with Crippen LogP contribution in [0.5, 0.6) is 5.75 Å². The van der Waals surface area contributed by atoms with Crippen LogP contribution in [0.3, 0.4) is 0 Å². The molecule has 0 spiro atoms. The van der Waals surface area contributed by atoms with Gasteiger partial charge in [0.15, 0.2) is 0 Å². The maximum atomic E-state index is 10.3. The molecule has 5 heteroatoms. The van der Waals surface area contributed by atoms with Crippen molar-refractivity contribution in [3.63, 3.8) is 0 Å². The Morgan fingerprint density at radius 3 is 2.62 bits per heavy atom. The van der Waals surface area contributed by atoms with Crippen molar-refractivity contribution in [2.24, 2.45) is 0 Å². The number of phenolic OH excluding ortho intramolecular Hbond substituents is 1. The quantitative estimate of drug-likeness (QED) is 0.448. The number of fused-ring (bicyclic) bond motifs is 2. The number of rotatable bonds is 2. The third-order valence-corrected chi connectivity index (χ3v) is 5.63. The minimum Gasteiger partial charge on any atom is -0.507 e. The Morgan fingerprint density at radius 2 is 1.73 bits per heavy atom. The maximum Gasteiger partial charge on any atom is 0.125 e. The lowest BCUT2D eigenvalue weighted by Crippen LogP contribution is -2.45. The Morgan fingerprint density at radius 1 is 0.962 bits per heavy atom. The number of likely N-dealkylation sites (N-methyl/N-ethyl adjacent to an activating group) is 1. The second kappa shape index (κ2) is 5.90. The molecule has 3 heterocycles. The van der Waals surface area contributed by atoms with E-state index in [2.05, 4.69) is 57.7 Å². The molecule has 4 aromatic rings. The van der Waals surface area contributed by atoms with Crippen LogP contribution < -0.4 is 5.32 Å². The molecule has 1 aliphatic heterocycles. The van der Waals surface area contributed by atoms with Crippen molar-refractivity contribution in [3.05, 3.63) is 66.0 Å². The van der Waals surface area contributed by atoms with Gasteiger partial charge in [0, 0.05) is 59.4 Å². The topological polar surface area (TPSA) is 67.1 Å². The molecule has 4 N–H and O–H groups in total. The number of hydrogen-bond donors (Lipinski definition) is 4. The molecule has 0 unspecified atom stereocenters. The minimum atomic E-state index is 0.184. The van der Waals surface area contributed by atoms with E-state index in [4.69, 9.17) is 0 Å². The second-order valence-electron chi connectivity index (χ2n) is 7.15. The van der Waals surface area contributed by atoms with Crippen LogP contribution in [-0.4, -0.2) is 40.1 Å². The van der Waals surface area contributed by atoms with E-state index in [1.807, 2.05) is 18.3 Å². The van der Waals surface area contributed by atoms with Gasteiger partial charge in [-0.15, -0.1) is 0 Å². The Kier molecular flexibility index (Phi) is 3.51. The van der Waals surface area contributed by atoms with E-state index in [1.54, 1.807) is 6.07 Å². The van der Waals surface area contributed by atoms with Crippen molar-refractivity contribution >= 4 is 21.8 Å². The molecule has 2 aromatic carbocycles. The molecule has 1 aliphatic rings. The predicted molar refractivity (Wildman–Crippen MR) is 104 cm³/mol. The largest absolute Gasteiger partial charge is 0.507 e.